The van der Waals surface area contributed by atoms with Crippen molar-refractivity contribution in [1.29, 1.82) is 0 Å². The van der Waals surface area contributed by atoms with Gasteiger partial charge in [-0.1, -0.05) is 107 Å². The average molecular weight is 424 g/mol. The first-order chi connectivity index (χ1) is 13.4. The number of anilines is 2. The van der Waals surface area contributed by atoms with E-state index in [2.05, 4.69) is 113 Å². The van der Waals surface area contributed by atoms with Gasteiger partial charge in [0.1, 0.15) is 0 Å². The van der Waals surface area contributed by atoms with Crippen LogP contribution < -0.4 is 5.32 Å². The van der Waals surface area contributed by atoms with Gasteiger partial charge in [-0.15, -0.1) is 0 Å². The first kappa shape index (κ1) is 23.3. The van der Waals surface area contributed by atoms with Crippen molar-refractivity contribution in [2.75, 3.05) is 5.32 Å². The quantitative estimate of drug-likeness (QED) is 0.387. The zero-order valence-corrected chi connectivity index (χ0v) is 22.0. The van der Waals surface area contributed by atoms with Crippen LogP contribution in [0.2, 0.25) is 0 Å². The highest BCUT2D eigenvalue weighted by molar-refractivity contribution is 7.99. The molecule has 0 atom stereocenters. The lowest BCUT2D eigenvalue weighted by Gasteiger charge is -2.35. The minimum atomic E-state index is 0.0881. The molecule has 30 heavy (non-hydrogen) atoms. The van der Waals surface area contributed by atoms with Crippen LogP contribution in [0.25, 0.3) is 0 Å². The molecule has 1 nitrogen and oxygen atoms in total. The fourth-order valence-corrected chi connectivity index (χ4v) is 5.48. The smallest absolute Gasteiger partial charge is 0.0532 e. The predicted octanol–water partition coefficient (Wildman–Crippen LogP) is 9.08. The van der Waals surface area contributed by atoms with Gasteiger partial charge in [-0.2, -0.15) is 0 Å². The molecule has 0 saturated carbocycles. The molecule has 0 aromatic heterocycles. The molecule has 1 aliphatic rings. The molecule has 164 valence electrons. The molecule has 3 rings (SSSR count). The SMILES string of the molecule is CC(C)(C)c1cc2c(c(C(C)(C)C)c1)Sc1c(cc(C(C)(C)C)cc1C(C)(C)C)N2. The molecule has 1 aliphatic heterocycles. The van der Waals surface area contributed by atoms with E-state index in [4.69, 9.17) is 0 Å². The molecule has 0 spiro atoms. The Bertz CT molecular complexity index is 891. The summed E-state index contributed by atoms with van der Waals surface area (Å²) in [6, 6.07) is 9.64. The molecule has 0 fully saturated rings. The highest BCUT2D eigenvalue weighted by Gasteiger charge is 2.32. The number of rotatable bonds is 0. The Labute approximate surface area is 189 Å². The monoisotopic (exact) mass is 423 g/mol. The van der Waals surface area contributed by atoms with Crippen molar-refractivity contribution in [3.05, 3.63) is 46.5 Å². The van der Waals surface area contributed by atoms with Crippen molar-refractivity contribution >= 4 is 23.1 Å². The third-order valence-corrected chi connectivity index (χ3v) is 7.29. The fourth-order valence-electron chi connectivity index (χ4n) is 3.89. The zero-order chi connectivity index (χ0) is 22.9. The van der Waals surface area contributed by atoms with Gasteiger partial charge >= 0.3 is 0 Å². The van der Waals surface area contributed by atoms with Crippen molar-refractivity contribution in [3.8, 4) is 0 Å². The van der Waals surface area contributed by atoms with Gasteiger partial charge in [-0.25, -0.2) is 0 Å². The Morgan fingerprint density at radius 2 is 0.833 bits per heavy atom. The Morgan fingerprint density at radius 1 is 0.500 bits per heavy atom. The molecular formula is C28H41NS. The van der Waals surface area contributed by atoms with E-state index in [0.29, 0.717) is 0 Å². The van der Waals surface area contributed by atoms with E-state index in [1.54, 1.807) is 0 Å². The molecule has 0 amide bonds. The van der Waals surface area contributed by atoms with Crippen LogP contribution in [0.5, 0.6) is 0 Å². The van der Waals surface area contributed by atoms with Gasteiger partial charge < -0.3 is 5.32 Å². The predicted molar refractivity (Wildman–Crippen MR) is 135 cm³/mol. The summed E-state index contributed by atoms with van der Waals surface area (Å²) in [5.41, 5.74) is 8.59. The Hall–Kier alpha value is -1.41. The maximum Gasteiger partial charge on any atom is 0.0532 e. The molecule has 2 aromatic rings. The van der Waals surface area contributed by atoms with Crippen molar-refractivity contribution in [2.45, 2.75) is 115 Å². The van der Waals surface area contributed by atoms with Crippen molar-refractivity contribution < 1.29 is 0 Å². The van der Waals surface area contributed by atoms with E-state index >= 15 is 0 Å². The molecule has 0 saturated heterocycles. The summed E-state index contributed by atoms with van der Waals surface area (Å²) in [7, 11) is 0. The summed E-state index contributed by atoms with van der Waals surface area (Å²) in [6.07, 6.45) is 0. The normalized spacial score (nSPS) is 14.8. The van der Waals surface area contributed by atoms with Crippen LogP contribution in [0.3, 0.4) is 0 Å². The molecule has 2 heteroatoms. The molecule has 0 aliphatic carbocycles. The second-order valence-corrected chi connectivity index (χ2v) is 14.0. The molecule has 0 unspecified atom stereocenters. The Morgan fingerprint density at radius 3 is 1.10 bits per heavy atom. The van der Waals surface area contributed by atoms with Gasteiger partial charge in [-0.05, 0) is 56.0 Å². The van der Waals surface area contributed by atoms with E-state index in [9.17, 15) is 0 Å². The van der Waals surface area contributed by atoms with Gasteiger partial charge in [0.2, 0.25) is 0 Å². The molecule has 2 aromatic carbocycles. The van der Waals surface area contributed by atoms with Crippen LogP contribution in [-0.4, -0.2) is 0 Å². The standard InChI is InChI=1S/C28H41NS/c1-25(2,3)17-13-19(27(7,8)9)23-21(15-17)29-22-16-18(26(4,5)6)14-20(24(22)30-23)28(10,11)12/h13-16,29H,1-12H3. The molecule has 1 N–H and O–H groups in total. The van der Waals surface area contributed by atoms with E-state index in [1.807, 2.05) is 11.8 Å². The highest BCUT2D eigenvalue weighted by atomic mass is 32.2. The summed E-state index contributed by atoms with van der Waals surface area (Å²) in [4.78, 5) is 2.77. The van der Waals surface area contributed by atoms with Crippen LogP contribution >= 0.6 is 11.8 Å². The second kappa shape index (κ2) is 7.05. The van der Waals surface area contributed by atoms with Gasteiger partial charge in [0.25, 0.3) is 0 Å². The fraction of sp³-hybridized carbons (Fsp3) is 0.571. The van der Waals surface area contributed by atoms with E-state index in [0.717, 1.165) is 0 Å². The van der Waals surface area contributed by atoms with Gasteiger partial charge in [0.15, 0.2) is 0 Å². The number of benzene rings is 2. The lowest BCUT2D eigenvalue weighted by Crippen LogP contribution is -2.22. The molecule has 0 radical (unpaired) electrons. The molecule has 0 bridgehead atoms. The molecular weight excluding hydrogens is 382 g/mol. The number of hydrogen-bond acceptors (Lipinski definition) is 2. The minimum Gasteiger partial charge on any atom is -0.354 e. The van der Waals surface area contributed by atoms with Crippen LogP contribution in [0, 0.1) is 0 Å². The minimum absolute atomic E-state index is 0.0881. The van der Waals surface area contributed by atoms with E-state index < -0.39 is 0 Å². The third-order valence-electron chi connectivity index (χ3n) is 6.00. The first-order valence-corrected chi connectivity index (χ1v) is 12.0. The third kappa shape index (κ3) is 4.44. The summed E-state index contributed by atoms with van der Waals surface area (Å²) in [6.45, 7) is 27.8. The zero-order valence-electron chi connectivity index (χ0n) is 21.2. The van der Waals surface area contributed by atoms with Crippen LogP contribution in [0.15, 0.2) is 34.1 Å². The van der Waals surface area contributed by atoms with Crippen molar-refractivity contribution in [2.24, 2.45) is 0 Å². The number of fused-ring (bicyclic) bond motifs is 2. The van der Waals surface area contributed by atoms with Crippen molar-refractivity contribution in [3.63, 3.8) is 0 Å². The van der Waals surface area contributed by atoms with Gasteiger partial charge in [0, 0.05) is 9.79 Å². The first-order valence-electron chi connectivity index (χ1n) is 11.2. The number of hydrogen-bond donors (Lipinski definition) is 1. The topological polar surface area (TPSA) is 12.0 Å². The number of nitrogens with one attached hydrogen (secondary N) is 1. The van der Waals surface area contributed by atoms with Gasteiger partial charge in [-0.3, -0.25) is 0 Å². The lowest BCUT2D eigenvalue weighted by molar-refractivity contribution is 0.557. The van der Waals surface area contributed by atoms with Crippen LogP contribution in [0.1, 0.15) is 105 Å². The Kier molecular flexibility index (Phi) is 5.47. The van der Waals surface area contributed by atoms with Crippen molar-refractivity contribution in [1.82, 2.24) is 0 Å². The van der Waals surface area contributed by atoms with E-state index in [-0.39, 0.29) is 21.7 Å². The summed E-state index contributed by atoms with van der Waals surface area (Å²) >= 11 is 1.97. The highest BCUT2D eigenvalue weighted by Crippen LogP contribution is 2.53. The summed E-state index contributed by atoms with van der Waals surface area (Å²) in [5, 5.41) is 3.87. The summed E-state index contributed by atoms with van der Waals surface area (Å²) < 4.78 is 0. The van der Waals surface area contributed by atoms with E-state index in [1.165, 1.54) is 43.4 Å². The maximum atomic E-state index is 3.87. The average Bonchev–Trinajstić information content (AvgIpc) is 2.54. The molecule has 1 heterocycles. The van der Waals surface area contributed by atoms with Crippen LogP contribution in [-0.2, 0) is 21.7 Å². The lowest BCUT2D eigenvalue weighted by atomic mass is 9.79. The summed E-state index contributed by atoms with van der Waals surface area (Å²) in [5.74, 6) is 0. The second-order valence-electron chi connectivity index (χ2n) is 13.0. The van der Waals surface area contributed by atoms with Crippen LogP contribution in [0.4, 0.5) is 11.4 Å². The Balaban J connectivity index is 2.29. The van der Waals surface area contributed by atoms with Gasteiger partial charge in [0.05, 0.1) is 11.4 Å². The largest absolute Gasteiger partial charge is 0.354 e. The maximum absolute atomic E-state index is 3.87.